The first-order chi connectivity index (χ1) is 9.77. The summed E-state index contributed by atoms with van der Waals surface area (Å²) in [6, 6.07) is 7.12. The van der Waals surface area contributed by atoms with E-state index in [4.69, 9.17) is 4.74 Å². The summed E-state index contributed by atoms with van der Waals surface area (Å²) in [6.45, 7) is 2.22. The molecule has 2 nitrogen and oxygen atoms in total. The van der Waals surface area contributed by atoms with Gasteiger partial charge in [-0.15, -0.1) is 0 Å². The molecule has 0 spiro atoms. The van der Waals surface area contributed by atoms with Crippen molar-refractivity contribution in [2.24, 2.45) is 0 Å². The molecule has 0 fully saturated rings. The first-order valence-electron chi connectivity index (χ1n) is 7.45. The summed E-state index contributed by atoms with van der Waals surface area (Å²) in [4.78, 5) is 11.9. The Bertz CT molecular complexity index is 466. The zero-order valence-corrected chi connectivity index (χ0v) is 12.6. The van der Waals surface area contributed by atoms with E-state index < -0.39 is 0 Å². The standard InChI is InChI=1S/C18H24O2/c1-3-4-5-6-7-8-9-10-14-18(19)16-12-11-13-17(15-16)20-2/h11-13,15H,3-9H2,1-2H3. The van der Waals surface area contributed by atoms with Gasteiger partial charge in [-0.25, -0.2) is 0 Å². The van der Waals surface area contributed by atoms with E-state index in [1.54, 1.807) is 19.2 Å². The topological polar surface area (TPSA) is 26.3 Å². The number of hydrogen-bond acceptors (Lipinski definition) is 2. The molecule has 0 heterocycles. The highest BCUT2D eigenvalue weighted by Crippen LogP contribution is 2.12. The normalized spacial score (nSPS) is 9.70. The van der Waals surface area contributed by atoms with E-state index in [9.17, 15) is 4.79 Å². The Labute approximate surface area is 122 Å². The van der Waals surface area contributed by atoms with E-state index >= 15 is 0 Å². The van der Waals surface area contributed by atoms with Crippen molar-refractivity contribution in [2.75, 3.05) is 7.11 Å². The summed E-state index contributed by atoms with van der Waals surface area (Å²) in [5.74, 6) is 6.24. The van der Waals surface area contributed by atoms with E-state index in [1.165, 1.54) is 32.1 Å². The molecule has 0 bridgehead atoms. The lowest BCUT2D eigenvalue weighted by atomic mass is 10.1. The molecular formula is C18H24O2. The minimum absolute atomic E-state index is 0.130. The van der Waals surface area contributed by atoms with Gasteiger partial charge in [-0.1, -0.05) is 57.1 Å². The minimum Gasteiger partial charge on any atom is -0.497 e. The predicted octanol–water partition coefficient (Wildman–Crippen LogP) is 4.63. The lowest BCUT2D eigenvalue weighted by molar-refractivity contribution is 0.105. The predicted molar refractivity (Wildman–Crippen MR) is 83.1 cm³/mol. The van der Waals surface area contributed by atoms with Gasteiger partial charge >= 0.3 is 0 Å². The number of unbranched alkanes of at least 4 members (excludes halogenated alkanes) is 6. The monoisotopic (exact) mass is 272 g/mol. The van der Waals surface area contributed by atoms with Gasteiger partial charge in [-0.05, 0) is 24.5 Å². The van der Waals surface area contributed by atoms with Crippen LogP contribution in [0.3, 0.4) is 0 Å². The van der Waals surface area contributed by atoms with Crippen molar-refractivity contribution in [1.82, 2.24) is 0 Å². The van der Waals surface area contributed by atoms with Gasteiger partial charge in [0.05, 0.1) is 7.11 Å². The Balaban J connectivity index is 2.30. The molecular weight excluding hydrogens is 248 g/mol. The fourth-order valence-electron chi connectivity index (χ4n) is 1.97. The smallest absolute Gasteiger partial charge is 0.236 e. The second kappa shape index (κ2) is 10.1. The van der Waals surface area contributed by atoms with Crippen molar-refractivity contribution >= 4 is 5.78 Å². The third-order valence-electron chi connectivity index (χ3n) is 3.19. The quantitative estimate of drug-likeness (QED) is 0.298. The van der Waals surface area contributed by atoms with Crippen LogP contribution in [0.2, 0.25) is 0 Å². The summed E-state index contributed by atoms with van der Waals surface area (Å²) in [5, 5.41) is 0. The van der Waals surface area contributed by atoms with Gasteiger partial charge in [-0.3, -0.25) is 4.79 Å². The number of Topliss-reactive ketones (excluding diaryl/α,β-unsaturated/α-hetero) is 1. The van der Waals surface area contributed by atoms with Crippen molar-refractivity contribution in [3.63, 3.8) is 0 Å². The van der Waals surface area contributed by atoms with Crippen molar-refractivity contribution in [3.8, 4) is 17.6 Å². The van der Waals surface area contributed by atoms with Crippen LogP contribution >= 0.6 is 0 Å². The van der Waals surface area contributed by atoms with Crippen LogP contribution in [0.4, 0.5) is 0 Å². The molecule has 0 aliphatic rings. The molecule has 0 aliphatic carbocycles. The largest absolute Gasteiger partial charge is 0.497 e. The minimum atomic E-state index is -0.130. The van der Waals surface area contributed by atoms with E-state index in [2.05, 4.69) is 18.8 Å². The Morgan fingerprint density at radius 1 is 1.15 bits per heavy atom. The van der Waals surface area contributed by atoms with Crippen molar-refractivity contribution < 1.29 is 9.53 Å². The van der Waals surface area contributed by atoms with Crippen LogP contribution in [0.1, 0.15) is 62.2 Å². The molecule has 0 unspecified atom stereocenters. The highest BCUT2D eigenvalue weighted by molar-refractivity contribution is 6.09. The molecule has 0 N–H and O–H groups in total. The number of ketones is 1. The number of ether oxygens (including phenoxy) is 1. The van der Waals surface area contributed by atoms with Crippen LogP contribution in [-0.4, -0.2) is 12.9 Å². The second-order valence-electron chi connectivity index (χ2n) is 4.88. The van der Waals surface area contributed by atoms with Gasteiger partial charge in [0.25, 0.3) is 0 Å². The fourth-order valence-corrected chi connectivity index (χ4v) is 1.97. The van der Waals surface area contributed by atoms with E-state index in [0.717, 1.165) is 12.8 Å². The van der Waals surface area contributed by atoms with Crippen LogP contribution in [0.25, 0.3) is 0 Å². The summed E-state index contributed by atoms with van der Waals surface area (Å²) in [5.41, 5.74) is 0.597. The molecule has 1 aromatic carbocycles. The lowest BCUT2D eigenvalue weighted by Gasteiger charge is -1.99. The maximum absolute atomic E-state index is 11.9. The zero-order valence-electron chi connectivity index (χ0n) is 12.6. The molecule has 0 aliphatic heterocycles. The lowest BCUT2D eigenvalue weighted by Crippen LogP contribution is -1.95. The van der Waals surface area contributed by atoms with E-state index in [-0.39, 0.29) is 5.78 Å². The van der Waals surface area contributed by atoms with Crippen LogP contribution in [0, 0.1) is 11.8 Å². The number of carbonyl (C=O) groups is 1. The fraction of sp³-hybridized carbons (Fsp3) is 0.500. The van der Waals surface area contributed by atoms with Gasteiger partial charge in [0.1, 0.15) is 5.75 Å². The number of rotatable bonds is 8. The summed E-state index contributed by atoms with van der Waals surface area (Å²) in [7, 11) is 1.59. The SMILES string of the molecule is CCCCCCCCC#CC(=O)c1cccc(OC)c1. The summed E-state index contributed by atoms with van der Waals surface area (Å²) < 4.78 is 5.09. The Kier molecular flexibility index (Phi) is 8.22. The van der Waals surface area contributed by atoms with Gasteiger partial charge in [-0.2, -0.15) is 0 Å². The summed E-state index contributed by atoms with van der Waals surface area (Å²) in [6.07, 6.45) is 8.28. The number of methoxy groups -OCH3 is 1. The maximum Gasteiger partial charge on any atom is 0.236 e. The van der Waals surface area contributed by atoms with Crippen LogP contribution < -0.4 is 4.74 Å². The molecule has 1 aromatic rings. The molecule has 1 rings (SSSR count). The first kappa shape index (κ1) is 16.3. The van der Waals surface area contributed by atoms with Gasteiger partial charge in [0, 0.05) is 12.0 Å². The van der Waals surface area contributed by atoms with Crippen LogP contribution in [0.15, 0.2) is 24.3 Å². The van der Waals surface area contributed by atoms with Gasteiger partial charge in [0.15, 0.2) is 0 Å². The number of hydrogen-bond donors (Lipinski definition) is 0. The zero-order chi connectivity index (χ0) is 14.6. The highest BCUT2D eigenvalue weighted by atomic mass is 16.5. The summed E-state index contributed by atoms with van der Waals surface area (Å²) >= 11 is 0. The third-order valence-corrected chi connectivity index (χ3v) is 3.19. The van der Waals surface area contributed by atoms with Crippen LogP contribution in [0.5, 0.6) is 5.75 Å². The first-order valence-corrected chi connectivity index (χ1v) is 7.45. The molecule has 0 saturated heterocycles. The van der Waals surface area contributed by atoms with Crippen molar-refractivity contribution in [1.29, 1.82) is 0 Å². The third kappa shape index (κ3) is 6.43. The molecule has 0 radical (unpaired) electrons. The van der Waals surface area contributed by atoms with E-state index in [1.807, 2.05) is 12.1 Å². The Morgan fingerprint density at radius 3 is 2.65 bits per heavy atom. The maximum atomic E-state index is 11.9. The molecule has 0 saturated carbocycles. The van der Waals surface area contributed by atoms with Gasteiger partial charge < -0.3 is 4.74 Å². The molecule has 2 heteroatoms. The Hall–Kier alpha value is -1.75. The second-order valence-corrected chi connectivity index (χ2v) is 4.88. The molecule has 0 atom stereocenters. The van der Waals surface area contributed by atoms with E-state index in [0.29, 0.717) is 11.3 Å². The molecule has 20 heavy (non-hydrogen) atoms. The molecule has 0 amide bonds. The number of benzene rings is 1. The van der Waals surface area contributed by atoms with Crippen molar-refractivity contribution in [3.05, 3.63) is 29.8 Å². The number of carbonyl (C=O) groups excluding carboxylic acids is 1. The molecule has 0 aromatic heterocycles. The van der Waals surface area contributed by atoms with Crippen LogP contribution in [-0.2, 0) is 0 Å². The average molecular weight is 272 g/mol. The Morgan fingerprint density at radius 2 is 1.90 bits per heavy atom. The van der Waals surface area contributed by atoms with Crippen molar-refractivity contribution in [2.45, 2.75) is 51.9 Å². The van der Waals surface area contributed by atoms with Gasteiger partial charge in [0.2, 0.25) is 5.78 Å². The molecule has 108 valence electrons. The average Bonchev–Trinajstić information content (AvgIpc) is 2.49. The highest BCUT2D eigenvalue weighted by Gasteiger charge is 2.02.